The van der Waals surface area contributed by atoms with E-state index in [1.54, 1.807) is 18.5 Å². The number of pyridine rings is 1. The second-order valence-electron chi connectivity index (χ2n) is 3.73. The number of carbonyl (C=O) groups is 1. The maximum Gasteiger partial charge on any atom is 0.311 e. The molecule has 0 spiro atoms. The van der Waals surface area contributed by atoms with Crippen molar-refractivity contribution in [2.45, 2.75) is 18.9 Å². The van der Waals surface area contributed by atoms with Gasteiger partial charge in [-0.1, -0.05) is 6.07 Å². The number of aliphatic carboxylic acids is 1. The van der Waals surface area contributed by atoms with E-state index < -0.39 is 17.4 Å². The molecule has 1 fully saturated rings. The first-order valence-electron chi connectivity index (χ1n) is 4.56. The third-order valence-corrected chi connectivity index (χ3v) is 2.85. The molecule has 1 aromatic heterocycles. The van der Waals surface area contributed by atoms with E-state index in [1.807, 2.05) is 6.07 Å². The molecule has 0 aliphatic heterocycles. The molecule has 0 radical (unpaired) electrons. The molecular weight excluding hydrogens is 180 g/mol. The highest BCUT2D eigenvalue weighted by Gasteiger charge is 2.55. The Labute approximate surface area is 81.8 Å². The predicted octanol–water partition coefficient (Wildman–Crippen LogP) is 0.946. The summed E-state index contributed by atoms with van der Waals surface area (Å²) in [7, 11) is 0. The van der Waals surface area contributed by atoms with E-state index in [4.69, 9.17) is 10.8 Å². The summed E-state index contributed by atoms with van der Waals surface area (Å²) in [5, 5.41) is 9.04. The highest BCUT2D eigenvalue weighted by molar-refractivity contribution is 5.79. The molecule has 0 bridgehead atoms. The van der Waals surface area contributed by atoms with Crippen molar-refractivity contribution in [1.29, 1.82) is 0 Å². The lowest BCUT2D eigenvalue weighted by Gasteiger charge is -2.18. The maximum atomic E-state index is 11.0. The van der Waals surface area contributed by atoms with Crippen LogP contribution in [0, 0.1) is 5.41 Å². The zero-order chi connectivity index (χ0) is 10.2. The van der Waals surface area contributed by atoms with E-state index in [0.717, 1.165) is 5.56 Å². The third-order valence-electron chi connectivity index (χ3n) is 2.85. The minimum atomic E-state index is -0.797. The Balaban J connectivity index is 2.25. The summed E-state index contributed by atoms with van der Waals surface area (Å²) in [6, 6.07) is 3.15. The van der Waals surface area contributed by atoms with Gasteiger partial charge in [-0.2, -0.15) is 0 Å². The molecule has 1 unspecified atom stereocenters. The summed E-state index contributed by atoms with van der Waals surface area (Å²) in [6.45, 7) is 0. The number of carboxylic acid groups (broad SMARTS) is 1. The van der Waals surface area contributed by atoms with Gasteiger partial charge in [0.25, 0.3) is 0 Å². The fraction of sp³-hybridized carbons (Fsp3) is 0.400. The second kappa shape index (κ2) is 3.06. The molecule has 1 aliphatic carbocycles. The van der Waals surface area contributed by atoms with Gasteiger partial charge in [-0.15, -0.1) is 0 Å². The molecular formula is C10H12N2O2. The van der Waals surface area contributed by atoms with E-state index >= 15 is 0 Å². The van der Waals surface area contributed by atoms with Gasteiger partial charge >= 0.3 is 5.97 Å². The summed E-state index contributed by atoms with van der Waals surface area (Å²) in [5.74, 6) is -0.797. The minimum Gasteiger partial charge on any atom is -0.481 e. The predicted molar refractivity (Wildman–Crippen MR) is 50.5 cm³/mol. The van der Waals surface area contributed by atoms with Gasteiger partial charge in [-0.3, -0.25) is 9.78 Å². The smallest absolute Gasteiger partial charge is 0.311 e. The van der Waals surface area contributed by atoms with Crippen LogP contribution >= 0.6 is 0 Å². The highest BCUT2D eigenvalue weighted by atomic mass is 16.4. The lowest BCUT2D eigenvalue weighted by atomic mass is 9.92. The van der Waals surface area contributed by atoms with Crippen LogP contribution in [0.2, 0.25) is 0 Å². The van der Waals surface area contributed by atoms with Crippen LogP contribution in [-0.2, 0) is 4.79 Å². The van der Waals surface area contributed by atoms with Crippen LogP contribution < -0.4 is 5.73 Å². The largest absolute Gasteiger partial charge is 0.481 e. The van der Waals surface area contributed by atoms with Crippen LogP contribution in [0.3, 0.4) is 0 Å². The second-order valence-corrected chi connectivity index (χ2v) is 3.73. The average molecular weight is 192 g/mol. The van der Waals surface area contributed by atoms with Crippen molar-refractivity contribution < 1.29 is 9.90 Å². The van der Waals surface area contributed by atoms with Crippen LogP contribution in [0.25, 0.3) is 0 Å². The normalized spacial score (nSPS) is 20.1. The lowest BCUT2D eigenvalue weighted by molar-refractivity contribution is -0.144. The number of hydrogen-bond acceptors (Lipinski definition) is 3. The topological polar surface area (TPSA) is 76.2 Å². The van der Waals surface area contributed by atoms with E-state index in [-0.39, 0.29) is 0 Å². The van der Waals surface area contributed by atoms with E-state index in [0.29, 0.717) is 12.8 Å². The number of nitrogens with two attached hydrogens (primary N) is 1. The van der Waals surface area contributed by atoms with Crippen molar-refractivity contribution in [3.63, 3.8) is 0 Å². The summed E-state index contributed by atoms with van der Waals surface area (Å²) in [4.78, 5) is 14.9. The minimum absolute atomic E-state index is 0.436. The quantitative estimate of drug-likeness (QED) is 0.747. The molecule has 3 N–H and O–H groups in total. The Bertz CT molecular complexity index is 346. The van der Waals surface area contributed by atoms with Crippen molar-refractivity contribution in [2.24, 2.45) is 11.1 Å². The fourth-order valence-electron chi connectivity index (χ4n) is 1.67. The summed E-state index contributed by atoms with van der Waals surface area (Å²) in [6.07, 6.45) is 4.61. The van der Waals surface area contributed by atoms with Gasteiger partial charge in [0.05, 0.1) is 5.41 Å². The maximum absolute atomic E-state index is 11.0. The molecule has 1 aliphatic rings. The van der Waals surface area contributed by atoms with Crippen molar-refractivity contribution >= 4 is 5.97 Å². The van der Waals surface area contributed by atoms with Gasteiger partial charge in [-0.05, 0) is 24.5 Å². The molecule has 4 nitrogen and oxygen atoms in total. The Morgan fingerprint density at radius 3 is 2.79 bits per heavy atom. The average Bonchev–Trinajstić information content (AvgIpc) is 2.99. The fourth-order valence-corrected chi connectivity index (χ4v) is 1.67. The zero-order valence-corrected chi connectivity index (χ0v) is 7.68. The van der Waals surface area contributed by atoms with Crippen LogP contribution in [-0.4, -0.2) is 16.1 Å². The van der Waals surface area contributed by atoms with E-state index in [2.05, 4.69) is 4.98 Å². The first kappa shape index (κ1) is 9.15. The summed E-state index contributed by atoms with van der Waals surface area (Å²) in [5.41, 5.74) is 5.98. The molecule has 14 heavy (non-hydrogen) atoms. The highest BCUT2D eigenvalue weighted by Crippen LogP contribution is 2.53. The molecule has 1 aromatic rings. The van der Waals surface area contributed by atoms with Crippen LogP contribution in [0.5, 0.6) is 0 Å². The number of carboxylic acids is 1. The first-order valence-corrected chi connectivity index (χ1v) is 4.56. The van der Waals surface area contributed by atoms with Crippen molar-refractivity contribution in [3.05, 3.63) is 30.1 Å². The number of rotatable bonds is 3. The molecule has 1 atom stereocenters. The Hall–Kier alpha value is -1.42. The van der Waals surface area contributed by atoms with Crippen molar-refractivity contribution in [2.75, 3.05) is 0 Å². The molecule has 0 saturated heterocycles. The Kier molecular flexibility index (Phi) is 2.00. The van der Waals surface area contributed by atoms with E-state index in [1.165, 1.54) is 0 Å². The van der Waals surface area contributed by atoms with Crippen molar-refractivity contribution in [1.82, 2.24) is 4.98 Å². The third kappa shape index (κ3) is 1.28. The number of aromatic nitrogens is 1. The van der Waals surface area contributed by atoms with Gasteiger partial charge in [0.2, 0.25) is 0 Å². The van der Waals surface area contributed by atoms with Crippen LogP contribution in [0.15, 0.2) is 24.5 Å². The molecule has 2 rings (SSSR count). The lowest BCUT2D eigenvalue weighted by Crippen LogP contribution is -2.29. The first-order chi connectivity index (χ1) is 6.67. The van der Waals surface area contributed by atoms with Gasteiger partial charge in [0.15, 0.2) is 0 Å². The molecule has 0 aromatic carbocycles. The molecule has 1 heterocycles. The van der Waals surface area contributed by atoms with Crippen LogP contribution in [0.1, 0.15) is 24.4 Å². The number of nitrogens with zero attached hydrogens (tertiary/aromatic N) is 1. The Morgan fingerprint density at radius 1 is 1.64 bits per heavy atom. The SMILES string of the molecule is NC(c1cccnc1)C1(C(=O)O)CC1. The van der Waals surface area contributed by atoms with Gasteiger partial charge < -0.3 is 10.8 Å². The summed E-state index contributed by atoms with van der Waals surface area (Å²) < 4.78 is 0. The Morgan fingerprint density at radius 2 is 2.36 bits per heavy atom. The van der Waals surface area contributed by atoms with Gasteiger partial charge in [-0.25, -0.2) is 0 Å². The molecule has 4 heteroatoms. The van der Waals surface area contributed by atoms with Gasteiger partial charge in [0, 0.05) is 18.4 Å². The summed E-state index contributed by atoms with van der Waals surface area (Å²) >= 11 is 0. The van der Waals surface area contributed by atoms with Crippen molar-refractivity contribution in [3.8, 4) is 0 Å². The number of hydrogen-bond donors (Lipinski definition) is 2. The molecule has 74 valence electrons. The standard InChI is InChI=1S/C10H12N2O2/c11-8(7-2-1-5-12-6-7)10(3-4-10)9(13)14/h1-2,5-6,8H,3-4,11H2,(H,13,14). The van der Waals surface area contributed by atoms with Gasteiger partial charge in [0.1, 0.15) is 0 Å². The molecule has 0 amide bonds. The zero-order valence-electron chi connectivity index (χ0n) is 7.68. The van der Waals surface area contributed by atoms with Crippen LogP contribution in [0.4, 0.5) is 0 Å². The molecule has 1 saturated carbocycles. The monoisotopic (exact) mass is 192 g/mol. The van der Waals surface area contributed by atoms with E-state index in [9.17, 15) is 4.79 Å².